The molecule has 0 saturated heterocycles. The van der Waals surface area contributed by atoms with Crippen molar-refractivity contribution in [3.8, 4) is 5.75 Å². The fraction of sp³-hybridized carbons (Fsp3) is 0.667. The van der Waals surface area contributed by atoms with Gasteiger partial charge in [0.1, 0.15) is 5.75 Å². The number of rotatable bonds is 7. The van der Waals surface area contributed by atoms with Crippen molar-refractivity contribution in [2.75, 3.05) is 6.54 Å². The SMILES string of the molecule is CCc1cc(CC)c(OC(=O)NCC2(C)CC(NC(=O)O)CC(C)(C)C2)c(CC)c1. The predicted molar refractivity (Wildman–Crippen MR) is 119 cm³/mol. The minimum Gasteiger partial charge on any atom is -0.465 e. The van der Waals surface area contributed by atoms with Crippen LogP contribution in [0.1, 0.15) is 77.5 Å². The molecule has 0 heterocycles. The van der Waals surface area contributed by atoms with Crippen LogP contribution >= 0.6 is 0 Å². The Kier molecular flexibility index (Phi) is 7.78. The second-order valence-corrected chi connectivity index (χ2v) is 9.75. The summed E-state index contributed by atoms with van der Waals surface area (Å²) in [6.45, 7) is 13.1. The minimum absolute atomic E-state index is 0.00749. The van der Waals surface area contributed by atoms with E-state index in [1.165, 1.54) is 5.56 Å². The number of hydrogen-bond acceptors (Lipinski definition) is 3. The van der Waals surface area contributed by atoms with Crippen LogP contribution < -0.4 is 15.4 Å². The molecule has 0 spiro atoms. The van der Waals surface area contributed by atoms with E-state index in [0.717, 1.165) is 43.2 Å². The van der Waals surface area contributed by atoms with Crippen molar-refractivity contribution in [2.24, 2.45) is 10.8 Å². The maximum Gasteiger partial charge on any atom is 0.412 e. The van der Waals surface area contributed by atoms with Gasteiger partial charge in [-0.05, 0) is 66.0 Å². The second-order valence-electron chi connectivity index (χ2n) is 9.75. The Morgan fingerprint density at radius 3 is 2.17 bits per heavy atom. The van der Waals surface area contributed by atoms with Gasteiger partial charge in [0.05, 0.1) is 0 Å². The lowest BCUT2D eigenvalue weighted by molar-refractivity contribution is 0.0695. The van der Waals surface area contributed by atoms with Gasteiger partial charge in [-0.15, -0.1) is 0 Å². The minimum atomic E-state index is -0.998. The third-order valence-electron chi connectivity index (χ3n) is 6.10. The summed E-state index contributed by atoms with van der Waals surface area (Å²) in [6, 6.07) is 4.12. The van der Waals surface area contributed by atoms with E-state index < -0.39 is 12.2 Å². The maximum absolute atomic E-state index is 12.7. The molecular weight excluding hydrogens is 380 g/mol. The molecule has 2 rings (SSSR count). The number of carbonyl (C=O) groups is 2. The van der Waals surface area contributed by atoms with Crippen LogP contribution in [0.4, 0.5) is 9.59 Å². The van der Waals surface area contributed by atoms with Gasteiger partial charge >= 0.3 is 12.2 Å². The molecule has 2 atom stereocenters. The summed E-state index contributed by atoms with van der Waals surface area (Å²) in [6.07, 6.45) is 3.50. The lowest BCUT2D eigenvalue weighted by Crippen LogP contribution is -2.50. The van der Waals surface area contributed by atoms with Crippen LogP contribution in [0.3, 0.4) is 0 Å². The fourth-order valence-electron chi connectivity index (χ4n) is 5.15. The topological polar surface area (TPSA) is 87.7 Å². The van der Waals surface area contributed by atoms with Crippen LogP contribution in [0.5, 0.6) is 5.75 Å². The summed E-state index contributed by atoms with van der Waals surface area (Å²) in [5.41, 5.74) is 3.15. The molecule has 1 aromatic carbocycles. The average Bonchev–Trinajstić information content (AvgIpc) is 2.64. The van der Waals surface area contributed by atoms with Crippen LogP contribution in [0.2, 0.25) is 0 Å². The lowest BCUT2D eigenvalue weighted by Gasteiger charge is -2.46. The summed E-state index contributed by atoms with van der Waals surface area (Å²) in [4.78, 5) is 23.8. The standard InChI is InChI=1S/C24H38N2O4/c1-7-16-10-17(8-2)20(18(9-3)11-16)30-22(29)25-15-24(6)13-19(26-21(27)28)12-23(4,5)14-24/h10-11,19,26H,7-9,12-15H2,1-6H3,(H,25,29)(H,27,28). The number of hydrogen-bond donors (Lipinski definition) is 3. The van der Waals surface area contributed by atoms with E-state index >= 15 is 0 Å². The van der Waals surface area contributed by atoms with E-state index in [2.05, 4.69) is 64.3 Å². The average molecular weight is 419 g/mol. The first-order chi connectivity index (χ1) is 14.0. The van der Waals surface area contributed by atoms with Crippen molar-refractivity contribution in [1.29, 1.82) is 0 Å². The molecule has 6 heteroatoms. The van der Waals surface area contributed by atoms with Gasteiger partial charge in [0.2, 0.25) is 0 Å². The van der Waals surface area contributed by atoms with Gasteiger partial charge < -0.3 is 20.5 Å². The van der Waals surface area contributed by atoms with Crippen molar-refractivity contribution >= 4 is 12.2 Å². The highest BCUT2D eigenvalue weighted by molar-refractivity contribution is 5.71. The third kappa shape index (κ3) is 6.38. The number of amides is 2. The van der Waals surface area contributed by atoms with Crippen LogP contribution in [0, 0.1) is 10.8 Å². The van der Waals surface area contributed by atoms with E-state index in [0.29, 0.717) is 18.7 Å². The van der Waals surface area contributed by atoms with Crippen LogP contribution in [0.15, 0.2) is 12.1 Å². The van der Waals surface area contributed by atoms with Gasteiger partial charge in [-0.3, -0.25) is 0 Å². The Hall–Kier alpha value is -2.24. The van der Waals surface area contributed by atoms with Crippen molar-refractivity contribution in [3.63, 3.8) is 0 Å². The Morgan fingerprint density at radius 1 is 1.07 bits per heavy atom. The zero-order chi connectivity index (χ0) is 22.5. The van der Waals surface area contributed by atoms with E-state index in [9.17, 15) is 9.59 Å². The van der Waals surface area contributed by atoms with Gasteiger partial charge in [0.15, 0.2) is 0 Å². The van der Waals surface area contributed by atoms with E-state index in [1.807, 2.05) is 0 Å². The van der Waals surface area contributed by atoms with Crippen molar-refractivity contribution in [2.45, 2.75) is 86.1 Å². The van der Waals surface area contributed by atoms with Gasteiger partial charge in [-0.2, -0.15) is 0 Å². The summed E-state index contributed by atoms with van der Waals surface area (Å²) in [5.74, 6) is 0.675. The van der Waals surface area contributed by atoms with Crippen LogP contribution in [-0.2, 0) is 19.3 Å². The predicted octanol–water partition coefficient (Wildman–Crippen LogP) is 5.31. The molecule has 0 bridgehead atoms. The molecule has 0 radical (unpaired) electrons. The molecular formula is C24H38N2O4. The normalized spacial score (nSPS) is 22.9. The molecule has 168 valence electrons. The highest BCUT2D eigenvalue weighted by atomic mass is 16.6. The van der Waals surface area contributed by atoms with Gasteiger partial charge in [0.25, 0.3) is 0 Å². The number of nitrogens with one attached hydrogen (secondary N) is 2. The molecule has 0 aliphatic heterocycles. The monoisotopic (exact) mass is 418 g/mol. The first-order valence-electron chi connectivity index (χ1n) is 11.1. The molecule has 2 unspecified atom stereocenters. The van der Waals surface area contributed by atoms with E-state index in [-0.39, 0.29) is 16.9 Å². The molecule has 1 saturated carbocycles. The quantitative estimate of drug-likeness (QED) is 0.559. The number of benzene rings is 1. The molecule has 6 nitrogen and oxygen atoms in total. The highest BCUT2D eigenvalue weighted by Crippen LogP contribution is 2.45. The molecule has 30 heavy (non-hydrogen) atoms. The molecule has 1 aliphatic carbocycles. The maximum atomic E-state index is 12.7. The number of aryl methyl sites for hydroxylation is 3. The fourth-order valence-corrected chi connectivity index (χ4v) is 5.15. The van der Waals surface area contributed by atoms with Gasteiger partial charge in [-0.1, -0.05) is 53.7 Å². The summed E-state index contributed by atoms with van der Waals surface area (Å²) >= 11 is 0. The molecule has 1 fully saturated rings. The zero-order valence-corrected chi connectivity index (χ0v) is 19.4. The number of carbonyl (C=O) groups excluding carboxylic acids is 1. The summed E-state index contributed by atoms with van der Waals surface area (Å²) in [5, 5.41) is 14.7. The van der Waals surface area contributed by atoms with Crippen LogP contribution in [-0.4, -0.2) is 29.9 Å². The molecule has 2 amide bonds. The van der Waals surface area contributed by atoms with E-state index in [1.54, 1.807) is 0 Å². The van der Waals surface area contributed by atoms with Crippen LogP contribution in [0.25, 0.3) is 0 Å². The molecule has 1 aromatic rings. The largest absolute Gasteiger partial charge is 0.465 e. The molecule has 3 N–H and O–H groups in total. The summed E-state index contributed by atoms with van der Waals surface area (Å²) in [7, 11) is 0. The zero-order valence-electron chi connectivity index (χ0n) is 19.4. The first-order valence-corrected chi connectivity index (χ1v) is 11.1. The van der Waals surface area contributed by atoms with Gasteiger partial charge in [0, 0.05) is 12.6 Å². The van der Waals surface area contributed by atoms with Crippen molar-refractivity contribution in [1.82, 2.24) is 10.6 Å². The van der Waals surface area contributed by atoms with Crippen molar-refractivity contribution in [3.05, 3.63) is 28.8 Å². The Labute approximate surface area is 180 Å². The number of ether oxygens (including phenoxy) is 1. The smallest absolute Gasteiger partial charge is 0.412 e. The second kappa shape index (κ2) is 9.71. The highest BCUT2D eigenvalue weighted by Gasteiger charge is 2.42. The Bertz CT molecular complexity index is 749. The first kappa shape index (κ1) is 24.0. The molecule has 1 aliphatic rings. The third-order valence-corrected chi connectivity index (χ3v) is 6.10. The Balaban J connectivity index is 2.09. The van der Waals surface area contributed by atoms with Gasteiger partial charge in [-0.25, -0.2) is 9.59 Å². The lowest BCUT2D eigenvalue weighted by atomic mass is 9.62. The van der Waals surface area contributed by atoms with E-state index in [4.69, 9.17) is 9.84 Å². The molecule has 0 aromatic heterocycles. The summed E-state index contributed by atoms with van der Waals surface area (Å²) < 4.78 is 5.78. The number of carboxylic acid groups (broad SMARTS) is 1. The van der Waals surface area contributed by atoms with Crippen molar-refractivity contribution < 1.29 is 19.4 Å². The Morgan fingerprint density at radius 2 is 1.67 bits per heavy atom.